The Morgan fingerprint density at radius 1 is 1.33 bits per heavy atom. The summed E-state index contributed by atoms with van der Waals surface area (Å²) >= 11 is 7.32. The van der Waals surface area contributed by atoms with Gasteiger partial charge in [-0.3, -0.25) is 4.79 Å². The minimum absolute atomic E-state index is 0.00268. The van der Waals surface area contributed by atoms with Gasteiger partial charge in [0.1, 0.15) is 0 Å². The first kappa shape index (κ1) is 18.8. The molecule has 5 nitrogen and oxygen atoms in total. The molecule has 0 bridgehead atoms. The summed E-state index contributed by atoms with van der Waals surface area (Å²) in [6.07, 6.45) is 0.876. The highest BCUT2D eigenvalue weighted by Gasteiger charge is 2.24. The van der Waals surface area contributed by atoms with Gasteiger partial charge in [-0.15, -0.1) is 10.2 Å². The molecule has 0 saturated carbocycles. The summed E-state index contributed by atoms with van der Waals surface area (Å²) < 4.78 is 1.89. The van der Waals surface area contributed by atoms with Crippen LogP contribution in [0.25, 0.3) is 11.4 Å². The van der Waals surface area contributed by atoms with E-state index in [0.717, 1.165) is 17.8 Å². The number of amides is 1. The fourth-order valence-electron chi connectivity index (χ4n) is 2.00. The molecule has 1 aromatic carbocycles. The zero-order chi connectivity index (χ0) is 17.9. The van der Waals surface area contributed by atoms with Crippen molar-refractivity contribution in [2.45, 2.75) is 50.1 Å². The molecule has 0 aliphatic carbocycles. The second-order valence-corrected chi connectivity index (χ2v) is 8.10. The summed E-state index contributed by atoms with van der Waals surface area (Å²) in [5, 5.41) is 12.6. The smallest absolute Gasteiger partial charge is 0.233 e. The number of benzene rings is 1. The molecule has 1 aromatic heterocycles. The van der Waals surface area contributed by atoms with Gasteiger partial charge in [0.25, 0.3) is 0 Å². The number of nitrogens with zero attached hydrogens (tertiary/aromatic N) is 3. The highest BCUT2D eigenvalue weighted by atomic mass is 35.5. The third-order valence-corrected chi connectivity index (χ3v) is 5.32. The van der Waals surface area contributed by atoms with Crippen LogP contribution in [0, 0.1) is 0 Å². The van der Waals surface area contributed by atoms with Crippen LogP contribution in [0.3, 0.4) is 0 Å². The number of nitrogens with one attached hydrogen (secondary N) is 1. The van der Waals surface area contributed by atoms with Crippen molar-refractivity contribution in [2.24, 2.45) is 7.05 Å². The molecule has 1 N–H and O–H groups in total. The molecule has 0 aliphatic rings. The van der Waals surface area contributed by atoms with E-state index in [9.17, 15) is 4.79 Å². The van der Waals surface area contributed by atoms with Crippen molar-refractivity contribution in [1.29, 1.82) is 0 Å². The van der Waals surface area contributed by atoms with Gasteiger partial charge in [0.2, 0.25) is 5.91 Å². The van der Waals surface area contributed by atoms with Crippen molar-refractivity contribution >= 4 is 29.3 Å². The Bertz CT molecular complexity index is 712. The molecule has 0 saturated heterocycles. The number of halogens is 1. The normalized spacial score (nSPS) is 12.9. The Labute approximate surface area is 152 Å². The fraction of sp³-hybridized carbons (Fsp3) is 0.471. The van der Waals surface area contributed by atoms with Crippen LogP contribution in [0.2, 0.25) is 5.02 Å². The fourth-order valence-corrected chi connectivity index (χ4v) is 2.94. The zero-order valence-corrected chi connectivity index (χ0v) is 16.2. The zero-order valence-electron chi connectivity index (χ0n) is 14.6. The lowest BCUT2D eigenvalue weighted by atomic mass is 10.0. The summed E-state index contributed by atoms with van der Waals surface area (Å²) in [7, 11) is 1.90. The van der Waals surface area contributed by atoms with Gasteiger partial charge in [0.05, 0.1) is 5.25 Å². The van der Waals surface area contributed by atoms with Gasteiger partial charge in [-0.2, -0.15) is 0 Å². The Morgan fingerprint density at radius 2 is 1.96 bits per heavy atom. The number of hydrogen-bond acceptors (Lipinski definition) is 4. The molecule has 130 valence electrons. The number of carbonyl (C=O) groups is 1. The van der Waals surface area contributed by atoms with E-state index in [1.165, 1.54) is 11.8 Å². The summed E-state index contributed by atoms with van der Waals surface area (Å²) in [5.74, 6) is 0.749. The number of carbonyl (C=O) groups excluding carboxylic acids is 1. The molecular weight excluding hydrogens is 344 g/mol. The maximum Gasteiger partial charge on any atom is 0.233 e. The standard InChI is InChI=1S/C17H23ClN4OS/c1-6-17(3,4)19-15(23)11(2)24-16-21-20-14(22(16)5)12-7-9-13(18)10-8-12/h7-11H,6H2,1-5H3,(H,19,23). The third-order valence-electron chi connectivity index (χ3n) is 3.93. The van der Waals surface area contributed by atoms with Crippen LogP contribution in [0.5, 0.6) is 0 Å². The van der Waals surface area contributed by atoms with E-state index < -0.39 is 0 Å². The summed E-state index contributed by atoms with van der Waals surface area (Å²) in [6.45, 7) is 7.97. The molecule has 2 aromatic rings. The summed E-state index contributed by atoms with van der Waals surface area (Å²) in [6, 6.07) is 7.45. The first-order valence-electron chi connectivity index (χ1n) is 7.87. The van der Waals surface area contributed by atoms with E-state index in [2.05, 4.69) is 22.4 Å². The van der Waals surface area contributed by atoms with Gasteiger partial charge >= 0.3 is 0 Å². The average Bonchev–Trinajstić information content (AvgIpc) is 2.89. The van der Waals surface area contributed by atoms with E-state index in [-0.39, 0.29) is 16.7 Å². The van der Waals surface area contributed by atoms with Gasteiger partial charge in [-0.1, -0.05) is 30.3 Å². The van der Waals surface area contributed by atoms with Gasteiger partial charge < -0.3 is 9.88 Å². The molecule has 2 rings (SSSR count). The summed E-state index contributed by atoms with van der Waals surface area (Å²) in [5.41, 5.74) is 0.728. The molecule has 0 fully saturated rings. The molecule has 0 spiro atoms. The lowest BCUT2D eigenvalue weighted by Gasteiger charge is -2.26. The van der Waals surface area contributed by atoms with Crippen molar-refractivity contribution in [3.63, 3.8) is 0 Å². The minimum Gasteiger partial charge on any atom is -0.350 e. The van der Waals surface area contributed by atoms with E-state index >= 15 is 0 Å². The van der Waals surface area contributed by atoms with E-state index in [4.69, 9.17) is 11.6 Å². The van der Waals surface area contributed by atoms with Crippen LogP contribution < -0.4 is 5.32 Å². The first-order valence-corrected chi connectivity index (χ1v) is 9.13. The van der Waals surface area contributed by atoms with Crippen LogP contribution in [0.15, 0.2) is 29.4 Å². The second kappa shape index (κ2) is 7.57. The molecule has 7 heteroatoms. The largest absolute Gasteiger partial charge is 0.350 e. The Balaban J connectivity index is 2.11. The van der Waals surface area contributed by atoms with E-state index in [1.54, 1.807) is 0 Å². The van der Waals surface area contributed by atoms with Crippen LogP contribution in [0.4, 0.5) is 0 Å². The van der Waals surface area contributed by atoms with Gasteiger partial charge in [0, 0.05) is 23.2 Å². The molecule has 24 heavy (non-hydrogen) atoms. The van der Waals surface area contributed by atoms with Crippen molar-refractivity contribution in [2.75, 3.05) is 0 Å². The molecular formula is C17H23ClN4OS. The van der Waals surface area contributed by atoms with Gasteiger partial charge in [0.15, 0.2) is 11.0 Å². The number of hydrogen-bond donors (Lipinski definition) is 1. The predicted molar refractivity (Wildman–Crippen MR) is 99.3 cm³/mol. The average molecular weight is 367 g/mol. The molecule has 0 aliphatic heterocycles. The second-order valence-electron chi connectivity index (χ2n) is 6.36. The SMILES string of the molecule is CCC(C)(C)NC(=O)C(C)Sc1nnc(-c2ccc(Cl)cc2)n1C. The molecule has 1 atom stereocenters. The number of rotatable bonds is 6. The molecule has 1 unspecified atom stereocenters. The Morgan fingerprint density at radius 3 is 2.54 bits per heavy atom. The Kier molecular flexibility index (Phi) is 5.93. The Hall–Kier alpha value is -1.53. The van der Waals surface area contributed by atoms with Gasteiger partial charge in [-0.25, -0.2) is 0 Å². The van der Waals surface area contributed by atoms with Crippen molar-refractivity contribution in [1.82, 2.24) is 20.1 Å². The topological polar surface area (TPSA) is 59.8 Å². The predicted octanol–water partition coefficient (Wildman–Crippen LogP) is 3.92. The number of aromatic nitrogens is 3. The first-order chi connectivity index (χ1) is 11.2. The van der Waals surface area contributed by atoms with Crippen molar-refractivity contribution in [3.05, 3.63) is 29.3 Å². The quantitative estimate of drug-likeness (QED) is 0.787. The van der Waals surface area contributed by atoms with Crippen molar-refractivity contribution in [3.8, 4) is 11.4 Å². The number of thioether (sulfide) groups is 1. The lowest BCUT2D eigenvalue weighted by molar-refractivity contribution is -0.121. The monoisotopic (exact) mass is 366 g/mol. The molecule has 1 amide bonds. The molecule has 1 heterocycles. The van der Waals surface area contributed by atoms with Crippen molar-refractivity contribution < 1.29 is 4.79 Å². The maximum atomic E-state index is 12.3. The van der Waals surface area contributed by atoms with E-state index in [1.807, 2.05) is 56.7 Å². The lowest BCUT2D eigenvalue weighted by Crippen LogP contribution is -2.46. The van der Waals surface area contributed by atoms with Crippen LogP contribution in [-0.2, 0) is 11.8 Å². The van der Waals surface area contributed by atoms with Crippen LogP contribution >= 0.6 is 23.4 Å². The van der Waals surface area contributed by atoms with Crippen LogP contribution in [-0.4, -0.2) is 31.5 Å². The minimum atomic E-state index is -0.253. The van der Waals surface area contributed by atoms with Crippen LogP contribution in [0.1, 0.15) is 34.1 Å². The summed E-state index contributed by atoms with van der Waals surface area (Å²) in [4.78, 5) is 12.3. The highest BCUT2D eigenvalue weighted by molar-refractivity contribution is 8.00. The maximum absolute atomic E-state index is 12.3. The third kappa shape index (κ3) is 4.51. The van der Waals surface area contributed by atoms with E-state index in [0.29, 0.717) is 10.2 Å². The highest BCUT2D eigenvalue weighted by Crippen LogP contribution is 2.26. The van der Waals surface area contributed by atoms with Gasteiger partial charge in [-0.05, 0) is 51.5 Å². The molecule has 0 radical (unpaired) electrons.